The number of rotatable bonds is 13. The van der Waals surface area contributed by atoms with Crippen LogP contribution in [0.4, 0.5) is 0 Å². The third kappa shape index (κ3) is 13.4. The molecule has 0 bridgehead atoms. The largest absolute Gasteiger partial charge is 0.291 e. The molecule has 1 atom stereocenters. The molecule has 0 aromatic carbocycles. The van der Waals surface area contributed by atoms with E-state index in [4.69, 9.17) is 0 Å². The maximum Gasteiger partial charge on any atom is 0.242 e. The molecule has 123 valence electrons. The topological polar surface area (TPSA) is 60.2 Å². The van der Waals surface area contributed by atoms with Crippen LogP contribution in [0.2, 0.25) is 0 Å². The molecule has 22 heavy (non-hydrogen) atoms. The summed E-state index contributed by atoms with van der Waals surface area (Å²) < 4.78 is 0. The van der Waals surface area contributed by atoms with Crippen molar-refractivity contribution >= 4 is 6.29 Å². The van der Waals surface area contributed by atoms with Gasteiger partial charge in [0.15, 0.2) is 6.29 Å². The summed E-state index contributed by atoms with van der Waals surface area (Å²) in [6.07, 6.45) is 15.4. The lowest BCUT2D eigenvalue weighted by atomic mass is 10.1. The second kappa shape index (κ2) is 15.8. The minimum Gasteiger partial charge on any atom is -0.291 e. The van der Waals surface area contributed by atoms with Crippen molar-refractivity contribution in [2.75, 3.05) is 0 Å². The Morgan fingerprint density at radius 2 is 1.77 bits per heavy atom. The quantitative estimate of drug-likeness (QED) is 0.164. The zero-order chi connectivity index (χ0) is 16.5. The van der Waals surface area contributed by atoms with Crippen molar-refractivity contribution in [1.82, 2.24) is 0 Å². The van der Waals surface area contributed by atoms with Crippen LogP contribution in [0.25, 0.3) is 0 Å². The molecule has 0 aliphatic carbocycles. The molecule has 0 aliphatic heterocycles. The normalized spacial score (nSPS) is 11.9. The molecular formula is C18H28NO3. The van der Waals surface area contributed by atoms with Gasteiger partial charge in [0, 0.05) is 17.8 Å². The molecular weight excluding hydrogens is 278 g/mol. The molecule has 0 saturated carbocycles. The van der Waals surface area contributed by atoms with Crippen LogP contribution < -0.4 is 0 Å². The van der Waals surface area contributed by atoms with Crippen LogP contribution in [0.3, 0.4) is 0 Å². The van der Waals surface area contributed by atoms with E-state index < -0.39 is 6.04 Å². The Labute approximate surface area is 134 Å². The van der Waals surface area contributed by atoms with E-state index in [9.17, 15) is 14.9 Å². The highest BCUT2D eigenvalue weighted by molar-refractivity contribution is 5.50. The second-order valence-electron chi connectivity index (χ2n) is 5.39. The maximum atomic E-state index is 10.9. The minimum absolute atomic E-state index is 0.263. The van der Waals surface area contributed by atoms with Gasteiger partial charge >= 0.3 is 0 Å². The number of allylic oxidation sites excluding steroid dienone is 1. The Bertz CT molecular complexity index is 380. The fraction of sp³-hybridized carbons (Fsp3) is 0.722. The van der Waals surface area contributed by atoms with Crippen LogP contribution in [-0.2, 0) is 4.79 Å². The summed E-state index contributed by atoms with van der Waals surface area (Å²) in [6.45, 7) is 2.20. The highest BCUT2D eigenvalue weighted by Gasteiger charge is 2.13. The molecule has 0 spiro atoms. The Balaban J connectivity index is 3.83. The van der Waals surface area contributed by atoms with E-state index >= 15 is 0 Å². The van der Waals surface area contributed by atoms with E-state index in [1.54, 1.807) is 12.2 Å². The predicted octanol–water partition coefficient (Wildman–Crippen LogP) is 4.61. The molecule has 0 aromatic heterocycles. The summed E-state index contributed by atoms with van der Waals surface area (Å²) in [6, 6.07) is -0.739. The first-order valence-corrected chi connectivity index (χ1v) is 8.33. The lowest BCUT2D eigenvalue weighted by molar-refractivity contribution is -0.508. The van der Waals surface area contributed by atoms with Gasteiger partial charge in [-0.3, -0.25) is 14.9 Å². The van der Waals surface area contributed by atoms with Gasteiger partial charge in [-0.2, -0.15) is 0 Å². The molecule has 4 heteroatoms. The summed E-state index contributed by atoms with van der Waals surface area (Å²) in [5.74, 6) is 5.95. The summed E-state index contributed by atoms with van der Waals surface area (Å²) in [4.78, 5) is 20.6. The number of nitro groups is 1. The lowest BCUT2D eigenvalue weighted by Crippen LogP contribution is -2.15. The van der Waals surface area contributed by atoms with Gasteiger partial charge in [-0.25, -0.2) is 0 Å². The Kier molecular flexibility index (Phi) is 14.6. The van der Waals surface area contributed by atoms with E-state index in [1.165, 1.54) is 32.1 Å². The van der Waals surface area contributed by atoms with Crippen LogP contribution >= 0.6 is 0 Å². The molecule has 0 aliphatic rings. The Morgan fingerprint density at radius 3 is 2.45 bits per heavy atom. The van der Waals surface area contributed by atoms with Crippen LogP contribution in [0.15, 0.2) is 12.2 Å². The lowest BCUT2D eigenvalue weighted by Gasteiger charge is -1.99. The molecule has 0 N–H and O–H groups in total. The molecule has 4 nitrogen and oxygen atoms in total. The van der Waals surface area contributed by atoms with Gasteiger partial charge in [-0.15, -0.1) is 5.92 Å². The van der Waals surface area contributed by atoms with Gasteiger partial charge < -0.3 is 0 Å². The second-order valence-corrected chi connectivity index (χ2v) is 5.39. The summed E-state index contributed by atoms with van der Waals surface area (Å²) in [5, 5.41) is 10.9. The average Bonchev–Trinajstić information content (AvgIpc) is 2.50. The Morgan fingerprint density at radius 1 is 1.05 bits per heavy atom. The SMILES string of the molecule is CCCCCCCCC#CCC(/C=C/CCC[C]=O)[N+](=O)[O-]. The van der Waals surface area contributed by atoms with Gasteiger partial charge in [-0.1, -0.05) is 51.0 Å². The van der Waals surface area contributed by atoms with Gasteiger partial charge in [-0.05, 0) is 25.3 Å². The third-order valence-electron chi connectivity index (χ3n) is 3.37. The van der Waals surface area contributed by atoms with Crippen molar-refractivity contribution in [3.63, 3.8) is 0 Å². The van der Waals surface area contributed by atoms with Gasteiger partial charge in [0.1, 0.15) is 0 Å². The van der Waals surface area contributed by atoms with Crippen molar-refractivity contribution < 1.29 is 9.72 Å². The smallest absolute Gasteiger partial charge is 0.242 e. The first kappa shape index (κ1) is 20.4. The highest BCUT2D eigenvalue weighted by Crippen LogP contribution is 2.06. The molecule has 1 unspecified atom stereocenters. The number of nitrogens with zero attached hydrogens (tertiary/aromatic N) is 1. The van der Waals surface area contributed by atoms with Crippen molar-refractivity contribution in [3.8, 4) is 11.8 Å². The molecule has 0 amide bonds. The van der Waals surface area contributed by atoms with E-state index in [0.717, 1.165) is 12.8 Å². The minimum atomic E-state index is -0.739. The van der Waals surface area contributed by atoms with Gasteiger partial charge in [0.05, 0.1) is 6.42 Å². The zero-order valence-electron chi connectivity index (χ0n) is 13.7. The summed E-state index contributed by atoms with van der Waals surface area (Å²) >= 11 is 0. The monoisotopic (exact) mass is 306 g/mol. The first-order chi connectivity index (χ1) is 10.7. The van der Waals surface area contributed by atoms with Crippen molar-refractivity contribution in [3.05, 3.63) is 22.3 Å². The molecule has 0 heterocycles. The van der Waals surface area contributed by atoms with E-state index in [0.29, 0.717) is 19.3 Å². The van der Waals surface area contributed by atoms with Crippen molar-refractivity contribution in [2.24, 2.45) is 0 Å². The van der Waals surface area contributed by atoms with Crippen LogP contribution in [0, 0.1) is 22.0 Å². The van der Waals surface area contributed by atoms with Crippen molar-refractivity contribution in [1.29, 1.82) is 0 Å². The standard InChI is InChI=1S/C18H28NO3/c1-2-3-4-5-6-7-8-9-12-15-18(19(21)22)16-13-10-11-14-17-20/h13,16,18H,2-8,10-11,14-15H2,1H3/b16-13+. The maximum absolute atomic E-state index is 10.9. The van der Waals surface area contributed by atoms with Crippen molar-refractivity contribution in [2.45, 2.75) is 83.6 Å². The van der Waals surface area contributed by atoms with Crippen LogP contribution in [-0.4, -0.2) is 17.3 Å². The average molecular weight is 306 g/mol. The molecule has 0 rings (SSSR count). The van der Waals surface area contributed by atoms with Gasteiger partial charge in [0.25, 0.3) is 0 Å². The number of unbranched alkanes of at least 4 members (excludes halogenated alkanes) is 8. The third-order valence-corrected chi connectivity index (χ3v) is 3.37. The predicted molar refractivity (Wildman–Crippen MR) is 89.9 cm³/mol. The summed E-state index contributed by atoms with van der Waals surface area (Å²) in [5.41, 5.74) is 0. The number of hydrogen-bond donors (Lipinski definition) is 0. The fourth-order valence-corrected chi connectivity index (χ4v) is 2.02. The zero-order valence-corrected chi connectivity index (χ0v) is 13.7. The van der Waals surface area contributed by atoms with E-state index in [2.05, 4.69) is 18.8 Å². The highest BCUT2D eigenvalue weighted by atomic mass is 16.6. The first-order valence-electron chi connectivity index (χ1n) is 8.33. The molecule has 0 fully saturated rings. The molecule has 0 saturated heterocycles. The number of hydrogen-bond acceptors (Lipinski definition) is 3. The van der Waals surface area contributed by atoms with E-state index in [-0.39, 0.29) is 11.3 Å². The van der Waals surface area contributed by atoms with E-state index in [1.807, 2.05) is 6.29 Å². The number of carbonyl (C=O) groups excluding carboxylic acids is 1. The van der Waals surface area contributed by atoms with Crippen LogP contribution in [0.5, 0.6) is 0 Å². The fourth-order valence-electron chi connectivity index (χ4n) is 2.02. The van der Waals surface area contributed by atoms with Gasteiger partial charge in [0.2, 0.25) is 6.04 Å². The molecule has 0 aromatic rings. The Hall–Kier alpha value is -1.63. The summed E-state index contributed by atoms with van der Waals surface area (Å²) in [7, 11) is 0. The molecule has 1 radical (unpaired) electrons. The van der Waals surface area contributed by atoms with Crippen LogP contribution in [0.1, 0.15) is 77.6 Å².